The topological polar surface area (TPSA) is 78.4 Å². The van der Waals surface area contributed by atoms with Crippen molar-refractivity contribution in [2.45, 2.75) is 45.6 Å². The number of urea groups is 1. The molecule has 1 aromatic carbocycles. The molecule has 5 nitrogen and oxygen atoms in total. The lowest BCUT2D eigenvalue weighted by Crippen LogP contribution is -2.43. The van der Waals surface area contributed by atoms with E-state index in [0.29, 0.717) is 12.1 Å². The lowest BCUT2D eigenvalue weighted by atomic mass is 10.1. The average Bonchev–Trinajstić information content (AvgIpc) is 2.44. The first-order chi connectivity index (χ1) is 9.97. The smallest absolute Gasteiger partial charge is 0.326 e. The molecule has 0 saturated carbocycles. The number of halogens is 1. The minimum atomic E-state index is -1.01. The monoisotopic (exact) mass is 356 g/mol. The number of anilines is 1. The molecule has 0 bridgehead atoms. The van der Waals surface area contributed by atoms with Crippen LogP contribution in [0, 0.1) is 0 Å². The highest BCUT2D eigenvalue weighted by atomic mass is 79.9. The largest absolute Gasteiger partial charge is 0.480 e. The second kappa shape index (κ2) is 8.67. The van der Waals surface area contributed by atoms with Crippen LogP contribution in [0.1, 0.15) is 38.7 Å². The SMILES string of the molecule is CCCC[C@H](NC(=O)Nc1ccc(Br)cc1CC)C(=O)O. The molecule has 2 amide bonds. The van der Waals surface area contributed by atoms with Gasteiger partial charge in [0.15, 0.2) is 0 Å². The van der Waals surface area contributed by atoms with Crippen LogP contribution < -0.4 is 10.6 Å². The van der Waals surface area contributed by atoms with E-state index < -0.39 is 18.0 Å². The number of aliphatic carboxylic acids is 1. The summed E-state index contributed by atoms with van der Waals surface area (Å²) in [7, 11) is 0. The van der Waals surface area contributed by atoms with Crippen LogP contribution in [0.15, 0.2) is 22.7 Å². The van der Waals surface area contributed by atoms with Crippen molar-refractivity contribution >= 4 is 33.6 Å². The number of carbonyl (C=O) groups excluding carboxylic acids is 1. The summed E-state index contributed by atoms with van der Waals surface area (Å²) in [5, 5.41) is 14.3. The number of nitrogens with one attached hydrogen (secondary N) is 2. The molecule has 1 atom stereocenters. The molecule has 0 fully saturated rings. The molecule has 0 aliphatic rings. The van der Waals surface area contributed by atoms with E-state index >= 15 is 0 Å². The fraction of sp³-hybridized carbons (Fsp3) is 0.467. The Kier molecular flexibility index (Phi) is 7.22. The maximum Gasteiger partial charge on any atom is 0.326 e. The van der Waals surface area contributed by atoms with Gasteiger partial charge in [0.2, 0.25) is 0 Å². The molecule has 1 aromatic rings. The fourth-order valence-electron chi connectivity index (χ4n) is 1.96. The fourth-order valence-corrected chi connectivity index (χ4v) is 2.37. The number of hydrogen-bond acceptors (Lipinski definition) is 2. The van der Waals surface area contributed by atoms with Crippen LogP contribution in [0.4, 0.5) is 10.5 Å². The number of benzene rings is 1. The van der Waals surface area contributed by atoms with Crippen molar-refractivity contribution in [3.8, 4) is 0 Å². The van der Waals surface area contributed by atoms with Crippen LogP contribution in [0.5, 0.6) is 0 Å². The zero-order valence-electron chi connectivity index (χ0n) is 12.3. The normalized spacial score (nSPS) is 11.8. The highest BCUT2D eigenvalue weighted by Crippen LogP contribution is 2.21. The van der Waals surface area contributed by atoms with Gasteiger partial charge < -0.3 is 15.7 Å². The Bertz CT molecular complexity index is 506. The molecule has 6 heteroatoms. The van der Waals surface area contributed by atoms with Gasteiger partial charge in [0.1, 0.15) is 6.04 Å². The first-order valence-corrected chi connectivity index (χ1v) is 7.86. The second-order valence-electron chi connectivity index (χ2n) is 4.79. The zero-order chi connectivity index (χ0) is 15.8. The second-order valence-corrected chi connectivity index (χ2v) is 5.70. The van der Waals surface area contributed by atoms with Crippen LogP contribution in [0.25, 0.3) is 0 Å². The standard InChI is InChI=1S/C15H21BrN2O3/c1-3-5-6-13(14(19)20)18-15(21)17-12-8-7-11(16)9-10(12)4-2/h7-9,13H,3-6H2,1-2H3,(H,19,20)(H2,17,18,21)/t13-/m0/s1. The number of amides is 2. The predicted molar refractivity (Wildman–Crippen MR) is 86.6 cm³/mol. The highest BCUT2D eigenvalue weighted by molar-refractivity contribution is 9.10. The van der Waals surface area contributed by atoms with Crippen LogP contribution in [0.3, 0.4) is 0 Å². The summed E-state index contributed by atoms with van der Waals surface area (Å²) in [5.74, 6) is -1.01. The molecule has 0 spiro atoms. The maximum atomic E-state index is 11.9. The van der Waals surface area contributed by atoms with Crippen LogP contribution >= 0.6 is 15.9 Å². The number of aryl methyl sites for hydroxylation is 1. The number of carboxylic acids is 1. The van der Waals surface area contributed by atoms with Crippen LogP contribution in [-0.4, -0.2) is 23.1 Å². The van der Waals surface area contributed by atoms with Crippen molar-refractivity contribution in [3.05, 3.63) is 28.2 Å². The highest BCUT2D eigenvalue weighted by Gasteiger charge is 2.19. The average molecular weight is 357 g/mol. The van der Waals surface area contributed by atoms with Crippen molar-refractivity contribution in [1.82, 2.24) is 5.32 Å². The van der Waals surface area contributed by atoms with Gasteiger partial charge in [-0.25, -0.2) is 9.59 Å². The minimum absolute atomic E-state index is 0.431. The Labute approximate surface area is 133 Å². The first-order valence-electron chi connectivity index (χ1n) is 7.06. The number of hydrogen-bond donors (Lipinski definition) is 3. The summed E-state index contributed by atoms with van der Waals surface area (Å²) in [6, 6.07) is 4.22. The number of rotatable bonds is 7. The van der Waals surface area contributed by atoms with E-state index in [9.17, 15) is 9.59 Å². The van der Waals surface area contributed by atoms with Gasteiger partial charge in [-0.15, -0.1) is 0 Å². The van der Waals surface area contributed by atoms with Gasteiger partial charge in [0.05, 0.1) is 0 Å². The molecule has 0 heterocycles. The van der Waals surface area contributed by atoms with Gasteiger partial charge >= 0.3 is 12.0 Å². The molecule has 0 radical (unpaired) electrons. The van der Waals surface area contributed by atoms with E-state index in [2.05, 4.69) is 26.6 Å². The number of carbonyl (C=O) groups is 2. The van der Waals surface area contributed by atoms with Gasteiger partial charge in [-0.3, -0.25) is 0 Å². The summed E-state index contributed by atoms with van der Waals surface area (Å²) in [4.78, 5) is 23.1. The number of unbranched alkanes of at least 4 members (excludes halogenated alkanes) is 1. The molecule has 0 unspecified atom stereocenters. The van der Waals surface area contributed by atoms with E-state index in [0.717, 1.165) is 29.3 Å². The summed E-state index contributed by atoms with van der Waals surface area (Å²) < 4.78 is 0.941. The van der Waals surface area contributed by atoms with Crippen molar-refractivity contribution in [2.75, 3.05) is 5.32 Å². The van der Waals surface area contributed by atoms with Crippen molar-refractivity contribution in [1.29, 1.82) is 0 Å². The molecular weight excluding hydrogens is 336 g/mol. The Hall–Kier alpha value is -1.56. The van der Waals surface area contributed by atoms with Gasteiger partial charge in [0, 0.05) is 10.2 Å². The molecular formula is C15H21BrN2O3. The van der Waals surface area contributed by atoms with E-state index in [-0.39, 0.29) is 0 Å². The maximum absolute atomic E-state index is 11.9. The van der Waals surface area contributed by atoms with Crippen LogP contribution in [0.2, 0.25) is 0 Å². The molecule has 0 aromatic heterocycles. The third-order valence-electron chi connectivity index (χ3n) is 3.15. The Morgan fingerprint density at radius 3 is 2.62 bits per heavy atom. The first kappa shape index (κ1) is 17.5. The van der Waals surface area contributed by atoms with Gasteiger partial charge in [-0.2, -0.15) is 0 Å². The Morgan fingerprint density at radius 1 is 1.33 bits per heavy atom. The minimum Gasteiger partial charge on any atom is -0.480 e. The summed E-state index contributed by atoms with van der Waals surface area (Å²) in [6.45, 7) is 3.97. The molecule has 0 aliphatic carbocycles. The quantitative estimate of drug-likeness (QED) is 0.695. The molecule has 21 heavy (non-hydrogen) atoms. The lowest BCUT2D eigenvalue weighted by Gasteiger charge is -2.16. The van der Waals surface area contributed by atoms with Crippen molar-refractivity contribution < 1.29 is 14.7 Å². The van der Waals surface area contributed by atoms with E-state index in [1.54, 1.807) is 6.07 Å². The summed E-state index contributed by atoms with van der Waals surface area (Å²) >= 11 is 3.39. The Morgan fingerprint density at radius 2 is 2.05 bits per heavy atom. The van der Waals surface area contributed by atoms with Crippen molar-refractivity contribution in [2.24, 2.45) is 0 Å². The third kappa shape index (κ3) is 5.75. The zero-order valence-corrected chi connectivity index (χ0v) is 13.9. The summed E-state index contributed by atoms with van der Waals surface area (Å²) in [5.41, 5.74) is 1.68. The van der Waals surface area contributed by atoms with E-state index in [4.69, 9.17) is 5.11 Å². The van der Waals surface area contributed by atoms with Crippen LogP contribution in [-0.2, 0) is 11.2 Å². The van der Waals surface area contributed by atoms with Gasteiger partial charge in [0.25, 0.3) is 0 Å². The molecule has 1 rings (SSSR count). The van der Waals surface area contributed by atoms with E-state index in [1.807, 2.05) is 26.0 Å². The molecule has 0 saturated heterocycles. The Balaban J connectivity index is 2.69. The molecule has 0 aliphatic heterocycles. The van der Waals surface area contributed by atoms with Gasteiger partial charge in [-0.05, 0) is 36.6 Å². The molecule has 3 N–H and O–H groups in total. The van der Waals surface area contributed by atoms with E-state index in [1.165, 1.54) is 0 Å². The van der Waals surface area contributed by atoms with Gasteiger partial charge in [-0.1, -0.05) is 42.6 Å². The summed E-state index contributed by atoms with van der Waals surface area (Å²) in [6.07, 6.45) is 2.85. The molecule has 116 valence electrons. The predicted octanol–water partition coefficient (Wildman–Crippen LogP) is 3.78. The third-order valence-corrected chi connectivity index (χ3v) is 3.64. The lowest BCUT2D eigenvalue weighted by molar-refractivity contribution is -0.139. The number of carboxylic acid groups (broad SMARTS) is 1. The van der Waals surface area contributed by atoms with Crippen molar-refractivity contribution in [3.63, 3.8) is 0 Å².